The maximum Gasteiger partial charge on any atom is 0.311 e. The Balaban J connectivity index is 1.81. The van der Waals surface area contributed by atoms with E-state index in [4.69, 9.17) is 9.47 Å². The van der Waals surface area contributed by atoms with Gasteiger partial charge in [-0.25, -0.2) is 0 Å². The van der Waals surface area contributed by atoms with Gasteiger partial charge in [0.05, 0.1) is 17.4 Å². The number of hydrogen-bond acceptors (Lipinski definition) is 5. The zero-order chi connectivity index (χ0) is 19.4. The van der Waals surface area contributed by atoms with Crippen LogP contribution in [0.3, 0.4) is 0 Å². The molecule has 27 heavy (non-hydrogen) atoms. The quantitative estimate of drug-likeness (QED) is 0.380. The lowest BCUT2D eigenvalue weighted by Crippen LogP contribution is -2.08. The van der Waals surface area contributed by atoms with Crippen molar-refractivity contribution in [1.82, 2.24) is 0 Å². The molecule has 0 radical (unpaired) electrons. The first kappa shape index (κ1) is 18.9. The summed E-state index contributed by atoms with van der Waals surface area (Å²) in [7, 11) is 0. The van der Waals surface area contributed by atoms with Crippen molar-refractivity contribution in [2.45, 2.75) is 38.7 Å². The number of nitro groups is 1. The highest BCUT2D eigenvalue weighted by molar-refractivity contribution is 5.77. The number of benzene rings is 2. The minimum absolute atomic E-state index is 0.0205. The summed E-state index contributed by atoms with van der Waals surface area (Å²) in [5, 5.41) is 11.6. The molecule has 0 amide bonds. The number of hydrogen-bond donors (Lipinski definition) is 0. The molecule has 0 N–H and O–H groups in total. The third kappa shape index (κ3) is 4.27. The number of ether oxygens (including phenoxy) is 2. The van der Waals surface area contributed by atoms with Gasteiger partial charge in [-0.05, 0) is 42.9 Å². The van der Waals surface area contributed by atoms with Gasteiger partial charge < -0.3 is 9.47 Å². The van der Waals surface area contributed by atoms with E-state index in [9.17, 15) is 14.9 Å². The highest BCUT2D eigenvalue weighted by Gasteiger charge is 2.45. The Kier molecular flexibility index (Phi) is 5.74. The van der Waals surface area contributed by atoms with Crippen molar-refractivity contribution >= 4 is 11.7 Å². The SMILES string of the molecule is CCOC(=O)[C@H]1C[C@H]1c1ccc(OC(CC)c2ccccc2)c([N+](=O)[O-])c1. The van der Waals surface area contributed by atoms with Crippen LogP contribution in [0.1, 0.15) is 49.8 Å². The van der Waals surface area contributed by atoms with Gasteiger partial charge in [-0.15, -0.1) is 0 Å². The average Bonchev–Trinajstić information content (AvgIpc) is 3.48. The lowest BCUT2D eigenvalue weighted by atomic mass is 10.1. The number of carbonyl (C=O) groups excluding carboxylic acids is 1. The Bertz CT molecular complexity index is 821. The molecular weight excluding hydrogens is 346 g/mol. The average molecular weight is 369 g/mol. The van der Waals surface area contributed by atoms with E-state index in [1.807, 2.05) is 43.3 Å². The molecule has 3 atom stereocenters. The van der Waals surface area contributed by atoms with Crippen LogP contribution in [-0.4, -0.2) is 17.5 Å². The molecule has 6 heteroatoms. The van der Waals surface area contributed by atoms with Gasteiger partial charge in [0, 0.05) is 6.07 Å². The normalized spacial score (nSPS) is 19.2. The smallest absolute Gasteiger partial charge is 0.311 e. The summed E-state index contributed by atoms with van der Waals surface area (Å²) in [5.74, 6) is -0.217. The van der Waals surface area contributed by atoms with Crippen LogP contribution in [0.25, 0.3) is 0 Å². The second-order valence-corrected chi connectivity index (χ2v) is 6.61. The lowest BCUT2D eigenvalue weighted by molar-refractivity contribution is -0.386. The van der Waals surface area contributed by atoms with Gasteiger partial charge in [-0.3, -0.25) is 14.9 Å². The molecule has 1 fully saturated rings. The first-order valence-electron chi connectivity index (χ1n) is 9.21. The fraction of sp³-hybridized carbons (Fsp3) is 0.381. The van der Waals surface area contributed by atoms with E-state index < -0.39 is 4.92 Å². The van der Waals surface area contributed by atoms with Crippen molar-refractivity contribution in [1.29, 1.82) is 0 Å². The van der Waals surface area contributed by atoms with E-state index in [2.05, 4.69) is 0 Å². The van der Waals surface area contributed by atoms with Crippen molar-refractivity contribution in [3.05, 3.63) is 69.8 Å². The lowest BCUT2D eigenvalue weighted by Gasteiger charge is -2.18. The number of rotatable bonds is 8. The van der Waals surface area contributed by atoms with Crippen LogP contribution >= 0.6 is 0 Å². The van der Waals surface area contributed by atoms with E-state index in [0.29, 0.717) is 19.4 Å². The van der Waals surface area contributed by atoms with Crippen molar-refractivity contribution in [2.75, 3.05) is 6.61 Å². The predicted molar refractivity (Wildman–Crippen MR) is 101 cm³/mol. The molecule has 2 aromatic rings. The van der Waals surface area contributed by atoms with E-state index >= 15 is 0 Å². The second kappa shape index (κ2) is 8.20. The van der Waals surface area contributed by atoms with E-state index in [1.54, 1.807) is 13.0 Å². The molecule has 142 valence electrons. The fourth-order valence-corrected chi connectivity index (χ4v) is 3.29. The molecule has 0 bridgehead atoms. The predicted octanol–water partition coefficient (Wildman–Crippen LogP) is 4.79. The fourth-order valence-electron chi connectivity index (χ4n) is 3.29. The topological polar surface area (TPSA) is 78.7 Å². The molecule has 3 rings (SSSR count). The summed E-state index contributed by atoms with van der Waals surface area (Å²) in [4.78, 5) is 23.0. The zero-order valence-corrected chi connectivity index (χ0v) is 15.5. The van der Waals surface area contributed by atoms with Gasteiger partial charge in [-0.2, -0.15) is 0 Å². The third-order valence-corrected chi connectivity index (χ3v) is 4.80. The van der Waals surface area contributed by atoms with Gasteiger partial charge in [0.2, 0.25) is 0 Å². The molecule has 0 aromatic heterocycles. The van der Waals surface area contributed by atoms with Crippen LogP contribution in [0.15, 0.2) is 48.5 Å². The summed E-state index contributed by atoms with van der Waals surface area (Å²) in [5.41, 5.74) is 1.68. The Morgan fingerprint density at radius 3 is 2.59 bits per heavy atom. The summed E-state index contributed by atoms with van der Waals surface area (Å²) in [6.07, 6.45) is 1.10. The van der Waals surface area contributed by atoms with Gasteiger partial charge in [0.15, 0.2) is 5.75 Å². The molecule has 0 saturated heterocycles. The van der Waals surface area contributed by atoms with Crippen molar-refractivity contribution < 1.29 is 19.2 Å². The minimum Gasteiger partial charge on any atom is -0.479 e. The molecule has 0 aliphatic heterocycles. The maximum absolute atomic E-state index is 11.8. The van der Waals surface area contributed by atoms with Gasteiger partial charge in [0.1, 0.15) is 6.10 Å². The van der Waals surface area contributed by atoms with Gasteiger partial charge >= 0.3 is 11.7 Å². The molecule has 6 nitrogen and oxygen atoms in total. The third-order valence-electron chi connectivity index (χ3n) is 4.80. The summed E-state index contributed by atoms with van der Waals surface area (Å²) in [6.45, 7) is 4.09. The molecular formula is C21H23NO5. The standard InChI is InChI=1S/C21H23NO5/c1-3-19(14-8-6-5-7-9-14)27-20-11-10-15(12-18(20)22(24)25)16-13-17(16)21(23)26-4-2/h5-12,16-17,19H,3-4,13H2,1-2H3/t16-,17-,19?/m0/s1. The minimum atomic E-state index is -0.432. The van der Waals surface area contributed by atoms with Crippen LogP contribution in [0.5, 0.6) is 5.75 Å². The number of esters is 1. The monoisotopic (exact) mass is 369 g/mol. The van der Waals surface area contributed by atoms with Gasteiger partial charge in [-0.1, -0.05) is 43.3 Å². The second-order valence-electron chi connectivity index (χ2n) is 6.61. The summed E-state index contributed by atoms with van der Waals surface area (Å²) < 4.78 is 11.0. The van der Waals surface area contributed by atoms with E-state index in [0.717, 1.165) is 11.1 Å². The van der Waals surface area contributed by atoms with Crippen LogP contribution < -0.4 is 4.74 Å². The zero-order valence-electron chi connectivity index (χ0n) is 15.5. The number of nitro benzene ring substituents is 1. The van der Waals surface area contributed by atoms with Crippen LogP contribution in [0.4, 0.5) is 5.69 Å². The Hall–Kier alpha value is -2.89. The highest BCUT2D eigenvalue weighted by Crippen LogP contribution is 2.49. The molecule has 0 heterocycles. The molecule has 1 saturated carbocycles. The number of nitrogens with zero attached hydrogens (tertiary/aromatic N) is 1. The van der Waals surface area contributed by atoms with Crippen LogP contribution in [-0.2, 0) is 9.53 Å². The number of carbonyl (C=O) groups is 1. The molecule has 1 aliphatic rings. The first-order chi connectivity index (χ1) is 13.0. The summed E-state index contributed by atoms with van der Waals surface area (Å²) in [6, 6.07) is 14.6. The Morgan fingerprint density at radius 1 is 1.22 bits per heavy atom. The molecule has 0 spiro atoms. The first-order valence-corrected chi connectivity index (χ1v) is 9.21. The largest absolute Gasteiger partial charge is 0.479 e. The maximum atomic E-state index is 11.8. The van der Waals surface area contributed by atoms with Crippen molar-refractivity contribution in [2.24, 2.45) is 5.92 Å². The van der Waals surface area contributed by atoms with Crippen LogP contribution in [0, 0.1) is 16.0 Å². The van der Waals surface area contributed by atoms with Crippen molar-refractivity contribution in [3.8, 4) is 5.75 Å². The Labute approximate surface area is 158 Å². The molecule has 2 aromatic carbocycles. The molecule has 1 unspecified atom stereocenters. The van der Waals surface area contributed by atoms with E-state index in [-0.39, 0.29) is 35.3 Å². The van der Waals surface area contributed by atoms with Crippen LogP contribution in [0.2, 0.25) is 0 Å². The van der Waals surface area contributed by atoms with Gasteiger partial charge in [0.25, 0.3) is 0 Å². The highest BCUT2D eigenvalue weighted by atomic mass is 16.6. The molecule has 1 aliphatic carbocycles. The Morgan fingerprint density at radius 2 is 1.96 bits per heavy atom. The van der Waals surface area contributed by atoms with Crippen molar-refractivity contribution in [3.63, 3.8) is 0 Å². The summed E-state index contributed by atoms with van der Waals surface area (Å²) >= 11 is 0. The van der Waals surface area contributed by atoms with E-state index in [1.165, 1.54) is 6.07 Å².